The van der Waals surface area contributed by atoms with Crippen molar-refractivity contribution in [1.29, 1.82) is 5.26 Å². The van der Waals surface area contributed by atoms with Crippen LogP contribution in [0.1, 0.15) is 11.7 Å². The monoisotopic (exact) mass is 260 g/mol. The van der Waals surface area contributed by atoms with Crippen molar-refractivity contribution in [2.75, 3.05) is 26.8 Å². The summed E-state index contributed by atoms with van der Waals surface area (Å²) in [6.07, 6.45) is -1.18. The van der Waals surface area contributed by atoms with Crippen LogP contribution in [0.4, 0.5) is 0 Å². The molecule has 1 saturated heterocycles. The average Bonchev–Trinajstić information content (AvgIpc) is 2.49. The lowest BCUT2D eigenvalue weighted by Gasteiger charge is -2.32. The lowest BCUT2D eigenvalue weighted by atomic mass is 10.1. The largest absolute Gasteiger partial charge is 0.367 e. The molecular weight excluding hydrogens is 244 g/mol. The van der Waals surface area contributed by atoms with Gasteiger partial charge in [0, 0.05) is 13.7 Å². The van der Waals surface area contributed by atoms with Crippen LogP contribution in [0.15, 0.2) is 30.3 Å². The topological polar surface area (TPSA) is 62.6 Å². The Balaban J connectivity index is 2.11. The molecule has 1 aromatic carbocycles. The van der Waals surface area contributed by atoms with Crippen LogP contribution in [0.2, 0.25) is 0 Å². The maximum Gasteiger partial charge on any atom is 0.256 e. The fourth-order valence-electron chi connectivity index (χ4n) is 2.10. The van der Waals surface area contributed by atoms with Gasteiger partial charge in [-0.25, -0.2) is 0 Å². The summed E-state index contributed by atoms with van der Waals surface area (Å²) in [6, 6.07) is 11.4. The second kappa shape index (κ2) is 6.32. The van der Waals surface area contributed by atoms with E-state index in [2.05, 4.69) is 0 Å². The molecule has 0 radical (unpaired) electrons. The van der Waals surface area contributed by atoms with Gasteiger partial charge in [0.05, 0.1) is 19.2 Å². The SMILES string of the molecule is COC(C(=O)N1CCOC(C#N)C1)c1ccccc1. The third kappa shape index (κ3) is 3.11. The van der Waals surface area contributed by atoms with Crippen molar-refractivity contribution in [2.45, 2.75) is 12.2 Å². The second-order valence-electron chi connectivity index (χ2n) is 4.30. The molecule has 1 aliphatic rings. The first-order valence-corrected chi connectivity index (χ1v) is 6.14. The third-order valence-corrected chi connectivity index (χ3v) is 3.08. The van der Waals surface area contributed by atoms with E-state index in [0.29, 0.717) is 19.7 Å². The molecule has 19 heavy (non-hydrogen) atoms. The highest BCUT2D eigenvalue weighted by molar-refractivity contribution is 5.82. The van der Waals surface area contributed by atoms with Crippen LogP contribution < -0.4 is 0 Å². The highest BCUT2D eigenvalue weighted by atomic mass is 16.5. The summed E-state index contributed by atoms with van der Waals surface area (Å²) in [5.74, 6) is -0.128. The van der Waals surface area contributed by atoms with Crippen LogP contribution in [0.25, 0.3) is 0 Å². The molecule has 1 aromatic rings. The van der Waals surface area contributed by atoms with Gasteiger partial charge in [-0.3, -0.25) is 4.79 Å². The lowest BCUT2D eigenvalue weighted by Crippen LogP contribution is -2.47. The maximum absolute atomic E-state index is 12.4. The summed E-state index contributed by atoms with van der Waals surface area (Å²) in [6.45, 7) is 1.17. The van der Waals surface area contributed by atoms with Crippen LogP contribution in [-0.4, -0.2) is 43.7 Å². The summed E-state index contributed by atoms with van der Waals surface area (Å²) in [5.41, 5.74) is 0.815. The Bertz CT molecular complexity index is 469. The zero-order valence-corrected chi connectivity index (χ0v) is 10.8. The van der Waals surface area contributed by atoms with Gasteiger partial charge in [-0.05, 0) is 5.56 Å². The van der Waals surface area contributed by atoms with Crippen molar-refractivity contribution >= 4 is 5.91 Å². The Morgan fingerprint density at radius 2 is 2.26 bits per heavy atom. The van der Waals surface area contributed by atoms with Gasteiger partial charge < -0.3 is 14.4 Å². The minimum Gasteiger partial charge on any atom is -0.367 e. The van der Waals surface area contributed by atoms with Gasteiger partial charge >= 0.3 is 0 Å². The Morgan fingerprint density at radius 3 is 2.89 bits per heavy atom. The number of morpholine rings is 1. The van der Waals surface area contributed by atoms with E-state index in [1.54, 1.807) is 4.90 Å². The van der Waals surface area contributed by atoms with Crippen molar-refractivity contribution < 1.29 is 14.3 Å². The highest BCUT2D eigenvalue weighted by Crippen LogP contribution is 2.20. The molecule has 5 heteroatoms. The predicted molar refractivity (Wildman–Crippen MR) is 68.1 cm³/mol. The van der Waals surface area contributed by atoms with Crippen molar-refractivity contribution in [2.24, 2.45) is 0 Å². The fraction of sp³-hybridized carbons (Fsp3) is 0.429. The molecule has 1 aliphatic heterocycles. The van der Waals surface area contributed by atoms with E-state index < -0.39 is 12.2 Å². The Labute approximate surface area is 112 Å². The minimum absolute atomic E-state index is 0.128. The quantitative estimate of drug-likeness (QED) is 0.817. The molecule has 0 aromatic heterocycles. The number of carbonyl (C=O) groups is 1. The Morgan fingerprint density at radius 1 is 1.53 bits per heavy atom. The highest BCUT2D eigenvalue weighted by Gasteiger charge is 2.30. The van der Waals surface area contributed by atoms with Crippen molar-refractivity contribution in [3.8, 4) is 6.07 Å². The number of methoxy groups -OCH3 is 1. The van der Waals surface area contributed by atoms with E-state index in [1.165, 1.54) is 7.11 Å². The third-order valence-electron chi connectivity index (χ3n) is 3.08. The van der Waals surface area contributed by atoms with Crippen LogP contribution in [0.3, 0.4) is 0 Å². The molecule has 0 spiro atoms. The molecule has 1 fully saturated rings. The number of benzene rings is 1. The molecule has 0 aliphatic carbocycles. The number of carbonyl (C=O) groups excluding carboxylic acids is 1. The smallest absolute Gasteiger partial charge is 0.256 e. The van der Waals surface area contributed by atoms with E-state index in [0.717, 1.165) is 5.56 Å². The molecule has 2 rings (SSSR count). The van der Waals surface area contributed by atoms with Crippen LogP contribution >= 0.6 is 0 Å². The fourth-order valence-corrected chi connectivity index (χ4v) is 2.10. The molecule has 2 unspecified atom stereocenters. The van der Waals surface area contributed by atoms with Gasteiger partial charge in [0.2, 0.25) is 0 Å². The normalized spacial score (nSPS) is 20.6. The lowest BCUT2D eigenvalue weighted by molar-refractivity contribution is -0.148. The summed E-state index contributed by atoms with van der Waals surface area (Å²) in [7, 11) is 1.51. The van der Waals surface area contributed by atoms with Gasteiger partial charge in [-0.1, -0.05) is 30.3 Å². The summed E-state index contributed by atoms with van der Waals surface area (Å²) in [4.78, 5) is 14.1. The summed E-state index contributed by atoms with van der Waals surface area (Å²) < 4.78 is 10.5. The Kier molecular flexibility index (Phi) is 4.50. The van der Waals surface area contributed by atoms with E-state index in [4.69, 9.17) is 14.7 Å². The van der Waals surface area contributed by atoms with E-state index in [1.807, 2.05) is 36.4 Å². The molecule has 0 bridgehead atoms. The number of amides is 1. The molecular formula is C14H16N2O3. The van der Waals surface area contributed by atoms with Crippen LogP contribution in [-0.2, 0) is 14.3 Å². The number of nitriles is 1. The standard InChI is InChI=1S/C14H16N2O3/c1-18-13(11-5-3-2-4-6-11)14(17)16-7-8-19-12(9-15)10-16/h2-6,12-13H,7-8,10H2,1H3. The number of nitrogens with zero attached hydrogens (tertiary/aromatic N) is 2. The predicted octanol–water partition coefficient (Wildman–Crippen LogP) is 1.13. The van der Waals surface area contributed by atoms with E-state index >= 15 is 0 Å². The van der Waals surface area contributed by atoms with E-state index in [-0.39, 0.29) is 5.91 Å². The number of hydrogen-bond donors (Lipinski definition) is 0. The van der Waals surface area contributed by atoms with Crippen LogP contribution in [0.5, 0.6) is 0 Å². The first-order valence-electron chi connectivity index (χ1n) is 6.14. The zero-order valence-electron chi connectivity index (χ0n) is 10.8. The van der Waals surface area contributed by atoms with Gasteiger partial charge in [0.25, 0.3) is 5.91 Å². The minimum atomic E-state index is -0.626. The Hall–Kier alpha value is -1.90. The molecule has 0 saturated carbocycles. The average molecular weight is 260 g/mol. The van der Waals surface area contributed by atoms with Gasteiger partial charge in [-0.2, -0.15) is 5.26 Å². The number of hydrogen-bond acceptors (Lipinski definition) is 4. The first kappa shape index (κ1) is 13.5. The van der Waals surface area contributed by atoms with Gasteiger partial charge in [0.1, 0.15) is 0 Å². The first-order chi connectivity index (χ1) is 9.26. The van der Waals surface area contributed by atoms with Gasteiger partial charge in [0.15, 0.2) is 12.2 Å². The molecule has 0 N–H and O–H groups in total. The van der Waals surface area contributed by atoms with Crippen molar-refractivity contribution in [1.82, 2.24) is 4.90 Å². The molecule has 1 amide bonds. The number of rotatable bonds is 3. The zero-order chi connectivity index (χ0) is 13.7. The van der Waals surface area contributed by atoms with Crippen LogP contribution in [0, 0.1) is 11.3 Å². The summed E-state index contributed by atoms with van der Waals surface area (Å²) >= 11 is 0. The second-order valence-corrected chi connectivity index (χ2v) is 4.30. The maximum atomic E-state index is 12.4. The van der Waals surface area contributed by atoms with E-state index in [9.17, 15) is 4.79 Å². The summed E-state index contributed by atoms with van der Waals surface area (Å²) in [5, 5.41) is 8.86. The van der Waals surface area contributed by atoms with Crippen molar-refractivity contribution in [3.63, 3.8) is 0 Å². The molecule has 2 atom stereocenters. The molecule has 1 heterocycles. The van der Waals surface area contributed by atoms with Gasteiger partial charge in [-0.15, -0.1) is 0 Å². The molecule has 5 nitrogen and oxygen atoms in total. The molecule has 100 valence electrons. The number of ether oxygens (including phenoxy) is 2. The van der Waals surface area contributed by atoms with Crippen molar-refractivity contribution in [3.05, 3.63) is 35.9 Å².